The van der Waals surface area contributed by atoms with E-state index >= 15 is 0 Å². The molecule has 0 saturated heterocycles. The maximum absolute atomic E-state index is 10.6. The first-order chi connectivity index (χ1) is 8.57. The van der Waals surface area contributed by atoms with Gasteiger partial charge < -0.3 is 9.47 Å². The summed E-state index contributed by atoms with van der Waals surface area (Å²) in [6.45, 7) is 4.07. The van der Waals surface area contributed by atoms with Crippen molar-refractivity contribution in [3.63, 3.8) is 0 Å². The van der Waals surface area contributed by atoms with Crippen molar-refractivity contribution >= 4 is 11.8 Å². The molecule has 18 heavy (non-hydrogen) atoms. The van der Waals surface area contributed by atoms with E-state index in [4.69, 9.17) is 4.74 Å². The normalized spacial score (nSPS) is 9.06. The third-order valence-corrected chi connectivity index (χ3v) is 1.98. The largest absolute Gasteiger partial charge is 0.466 e. The summed E-state index contributed by atoms with van der Waals surface area (Å²) in [6, 6.07) is 9.23. The van der Waals surface area contributed by atoms with Crippen LogP contribution in [0.2, 0.25) is 0 Å². The van der Waals surface area contributed by atoms with Crippen LogP contribution >= 0.6 is 0 Å². The van der Waals surface area contributed by atoms with Gasteiger partial charge in [-0.25, -0.2) is 0 Å². The van der Waals surface area contributed by atoms with Crippen LogP contribution in [0, 0.1) is 0 Å². The van der Waals surface area contributed by atoms with E-state index in [1.165, 1.54) is 6.92 Å². The third kappa shape index (κ3) is 9.54. The fourth-order valence-corrected chi connectivity index (χ4v) is 1.09. The topological polar surface area (TPSA) is 52.6 Å². The second-order valence-corrected chi connectivity index (χ2v) is 3.61. The van der Waals surface area contributed by atoms with Gasteiger partial charge in [-0.2, -0.15) is 0 Å². The molecule has 0 saturated carbocycles. The molecule has 0 aromatic heterocycles. The molecule has 4 nitrogen and oxygen atoms in total. The van der Waals surface area contributed by atoms with Crippen LogP contribution < -0.4 is 0 Å². The van der Waals surface area contributed by atoms with Gasteiger partial charge in [0, 0.05) is 32.6 Å². The number of rotatable bonds is 5. The second kappa shape index (κ2) is 10.5. The minimum absolute atomic E-state index is 0.121. The number of hydrogen-bond acceptors (Lipinski definition) is 4. The molecule has 0 amide bonds. The van der Waals surface area contributed by atoms with Gasteiger partial charge in [0.25, 0.3) is 0 Å². The summed E-state index contributed by atoms with van der Waals surface area (Å²) in [5, 5.41) is 0. The number of carbonyl (C=O) groups is 2. The summed E-state index contributed by atoms with van der Waals surface area (Å²) in [6.07, 6.45) is 0.774. The van der Waals surface area contributed by atoms with Crippen molar-refractivity contribution < 1.29 is 19.1 Å². The second-order valence-electron chi connectivity index (χ2n) is 3.61. The van der Waals surface area contributed by atoms with E-state index in [2.05, 4.69) is 4.74 Å². The molecule has 1 aromatic rings. The lowest BCUT2D eigenvalue weighted by Gasteiger charge is -1.98. The minimum Gasteiger partial charge on any atom is -0.466 e. The Kier molecular flexibility index (Phi) is 9.50. The van der Waals surface area contributed by atoms with E-state index in [-0.39, 0.29) is 11.8 Å². The van der Waals surface area contributed by atoms with Crippen molar-refractivity contribution in [2.45, 2.75) is 20.3 Å². The quantitative estimate of drug-likeness (QED) is 0.459. The van der Waals surface area contributed by atoms with Crippen LogP contribution in [0.1, 0.15) is 30.6 Å². The van der Waals surface area contributed by atoms with Crippen LogP contribution in [0.5, 0.6) is 0 Å². The Morgan fingerprint density at radius 2 is 1.67 bits per heavy atom. The molecule has 100 valence electrons. The fourth-order valence-electron chi connectivity index (χ4n) is 1.09. The number of ether oxygens (including phenoxy) is 2. The number of esters is 1. The first kappa shape index (κ1) is 16.3. The maximum Gasteiger partial charge on any atom is 0.302 e. The van der Waals surface area contributed by atoms with E-state index in [1.807, 2.05) is 30.3 Å². The number of benzene rings is 1. The molecule has 1 rings (SSSR count). The molecule has 0 aliphatic heterocycles. The zero-order chi connectivity index (χ0) is 13.8. The molecule has 0 bridgehead atoms. The van der Waals surface area contributed by atoms with Gasteiger partial charge in [-0.3, -0.25) is 9.59 Å². The van der Waals surface area contributed by atoms with Gasteiger partial charge >= 0.3 is 5.97 Å². The van der Waals surface area contributed by atoms with Crippen LogP contribution in [0.4, 0.5) is 0 Å². The summed E-state index contributed by atoms with van der Waals surface area (Å²) in [5.74, 6) is -0.110. The standard InChI is InChI=1S/C8H8O.C6H12O3/c1-7(9)8-5-3-2-4-6-8;1-6(7)9-5-3-4-8-2/h2-6H,1H3;3-5H2,1-2H3. The summed E-state index contributed by atoms with van der Waals surface area (Å²) < 4.78 is 9.36. The predicted molar refractivity (Wildman–Crippen MR) is 69.6 cm³/mol. The van der Waals surface area contributed by atoms with Crippen molar-refractivity contribution in [3.05, 3.63) is 35.9 Å². The van der Waals surface area contributed by atoms with Gasteiger partial charge in [-0.15, -0.1) is 0 Å². The van der Waals surface area contributed by atoms with Gasteiger partial charge in [0.05, 0.1) is 6.61 Å². The molecular weight excluding hydrogens is 232 g/mol. The number of carbonyl (C=O) groups excluding carboxylic acids is 2. The molecular formula is C14H20O4. The highest BCUT2D eigenvalue weighted by Crippen LogP contribution is 1.97. The number of hydrogen-bond donors (Lipinski definition) is 0. The third-order valence-electron chi connectivity index (χ3n) is 1.98. The van der Waals surface area contributed by atoms with E-state index < -0.39 is 0 Å². The number of methoxy groups -OCH3 is 1. The van der Waals surface area contributed by atoms with Crippen molar-refractivity contribution in [1.29, 1.82) is 0 Å². The first-order valence-corrected chi connectivity index (χ1v) is 5.76. The molecule has 0 radical (unpaired) electrons. The average Bonchev–Trinajstić information content (AvgIpc) is 2.36. The molecule has 0 fully saturated rings. The van der Waals surface area contributed by atoms with E-state index in [0.29, 0.717) is 13.2 Å². The fraction of sp³-hybridized carbons (Fsp3) is 0.429. The van der Waals surface area contributed by atoms with Crippen molar-refractivity contribution in [3.8, 4) is 0 Å². The molecule has 0 atom stereocenters. The maximum atomic E-state index is 10.6. The van der Waals surface area contributed by atoms with Gasteiger partial charge in [0.2, 0.25) is 0 Å². The predicted octanol–water partition coefficient (Wildman–Crippen LogP) is 2.48. The lowest BCUT2D eigenvalue weighted by Crippen LogP contribution is -2.02. The Bertz CT molecular complexity index is 346. The highest BCUT2D eigenvalue weighted by atomic mass is 16.5. The smallest absolute Gasteiger partial charge is 0.302 e. The van der Waals surface area contributed by atoms with Gasteiger partial charge in [-0.05, 0) is 6.92 Å². The molecule has 0 unspecified atom stereocenters. The monoisotopic (exact) mass is 252 g/mol. The first-order valence-electron chi connectivity index (χ1n) is 5.76. The van der Waals surface area contributed by atoms with E-state index in [0.717, 1.165) is 12.0 Å². The highest BCUT2D eigenvalue weighted by Gasteiger charge is 1.92. The molecule has 0 heterocycles. The zero-order valence-electron chi connectivity index (χ0n) is 11.1. The van der Waals surface area contributed by atoms with Crippen molar-refractivity contribution in [1.82, 2.24) is 0 Å². The van der Waals surface area contributed by atoms with E-state index in [1.54, 1.807) is 14.0 Å². The lowest BCUT2D eigenvalue weighted by atomic mass is 10.2. The van der Waals surface area contributed by atoms with Gasteiger partial charge in [0.1, 0.15) is 0 Å². The lowest BCUT2D eigenvalue weighted by molar-refractivity contribution is -0.141. The Morgan fingerprint density at radius 3 is 2.06 bits per heavy atom. The molecule has 0 N–H and O–H groups in total. The van der Waals surface area contributed by atoms with E-state index in [9.17, 15) is 9.59 Å². The van der Waals surface area contributed by atoms with Gasteiger partial charge in [-0.1, -0.05) is 30.3 Å². The SMILES string of the molecule is CC(=O)c1ccccc1.COCCCOC(C)=O. The van der Waals surface area contributed by atoms with Crippen LogP contribution in [0.3, 0.4) is 0 Å². The van der Waals surface area contributed by atoms with Crippen LogP contribution in [0.15, 0.2) is 30.3 Å². The Hall–Kier alpha value is -1.68. The van der Waals surface area contributed by atoms with Crippen LogP contribution in [0.25, 0.3) is 0 Å². The molecule has 1 aromatic carbocycles. The molecule has 4 heteroatoms. The summed E-state index contributed by atoms with van der Waals surface area (Å²) in [4.78, 5) is 20.8. The zero-order valence-corrected chi connectivity index (χ0v) is 11.1. The van der Waals surface area contributed by atoms with Gasteiger partial charge in [0.15, 0.2) is 5.78 Å². The molecule has 0 aliphatic carbocycles. The molecule has 0 spiro atoms. The van der Waals surface area contributed by atoms with Crippen molar-refractivity contribution in [2.75, 3.05) is 20.3 Å². The summed E-state index contributed by atoms with van der Waals surface area (Å²) in [5.41, 5.74) is 0.775. The minimum atomic E-state index is -0.230. The number of ketones is 1. The molecule has 0 aliphatic rings. The van der Waals surface area contributed by atoms with Crippen LogP contribution in [-0.2, 0) is 14.3 Å². The highest BCUT2D eigenvalue weighted by molar-refractivity contribution is 5.93. The van der Waals surface area contributed by atoms with Crippen molar-refractivity contribution in [2.24, 2.45) is 0 Å². The number of Topliss-reactive ketones (excluding diaryl/α,β-unsaturated/α-hetero) is 1. The Labute approximate surface area is 108 Å². The van der Waals surface area contributed by atoms with Crippen LogP contribution in [-0.4, -0.2) is 32.1 Å². The summed E-state index contributed by atoms with van der Waals surface area (Å²) in [7, 11) is 1.62. The average molecular weight is 252 g/mol. The summed E-state index contributed by atoms with van der Waals surface area (Å²) >= 11 is 0. The Morgan fingerprint density at radius 1 is 1.06 bits per heavy atom. The Balaban J connectivity index is 0.000000321.